The number of hydrogen-bond acceptors (Lipinski definition) is 7. The number of hydrogen-bond donors (Lipinski definition) is 3. The summed E-state index contributed by atoms with van der Waals surface area (Å²) in [5.74, 6) is -1.48. The van der Waals surface area contributed by atoms with Crippen molar-refractivity contribution < 1.29 is 26.7 Å². The highest BCUT2D eigenvalue weighted by atomic mass is 32.2. The van der Waals surface area contributed by atoms with Crippen LogP contribution in [-0.2, 0) is 31.1 Å². The molecule has 0 radical (unpaired) electrons. The van der Waals surface area contributed by atoms with Gasteiger partial charge in [0.2, 0.25) is 15.9 Å². The van der Waals surface area contributed by atoms with Crippen LogP contribution in [0.1, 0.15) is 32.8 Å². The number of amides is 1. The molecule has 1 unspecified atom stereocenters. The van der Waals surface area contributed by atoms with Crippen LogP contribution in [0.2, 0.25) is 0 Å². The Hall–Kier alpha value is -2.47. The van der Waals surface area contributed by atoms with E-state index in [4.69, 9.17) is 5.73 Å². The minimum absolute atomic E-state index is 0.0584. The predicted molar refractivity (Wildman–Crippen MR) is 146 cm³/mol. The van der Waals surface area contributed by atoms with Crippen molar-refractivity contribution in [3.05, 3.63) is 60.2 Å². The lowest BCUT2D eigenvalue weighted by Gasteiger charge is -2.31. The second-order valence-electron chi connectivity index (χ2n) is 9.98. The van der Waals surface area contributed by atoms with Gasteiger partial charge in [0.25, 0.3) is 0 Å². The summed E-state index contributed by atoms with van der Waals surface area (Å²) in [5, 5.41) is 14.0. The lowest BCUT2D eigenvalue weighted by molar-refractivity contribution is -0.125. The first kappa shape index (κ1) is 30.8. The van der Waals surface area contributed by atoms with E-state index in [-0.39, 0.29) is 36.1 Å². The normalized spacial score (nSPS) is 14.9. The van der Waals surface area contributed by atoms with E-state index in [1.807, 2.05) is 44.2 Å². The van der Waals surface area contributed by atoms with Crippen LogP contribution in [0.5, 0.6) is 0 Å². The molecule has 2 aromatic rings. The standard InChI is InChI=1S/C26H39N3O6S2/c1-19(2)14-15-29(37(34,35)23-12-10-22(27)11-13-23)17-25(30)24(16-21-8-6-5-7-9-21)28-26(31)20(3)18-36(4,32)33/h5-13,19-20,24-25,30H,14-18,27H2,1-4H3,(H,28,31)/t20?,24-,25+/m0/s1. The van der Waals surface area contributed by atoms with E-state index in [0.717, 1.165) is 11.8 Å². The number of aliphatic hydroxyl groups excluding tert-OH is 1. The average molecular weight is 554 g/mol. The van der Waals surface area contributed by atoms with Gasteiger partial charge in [0.1, 0.15) is 9.84 Å². The molecule has 3 atom stereocenters. The summed E-state index contributed by atoms with van der Waals surface area (Å²) >= 11 is 0. The molecule has 4 N–H and O–H groups in total. The molecule has 37 heavy (non-hydrogen) atoms. The lowest BCUT2D eigenvalue weighted by atomic mass is 10.00. The monoisotopic (exact) mass is 553 g/mol. The van der Waals surface area contributed by atoms with Gasteiger partial charge in [-0.3, -0.25) is 4.79 Å². The summed E-state index contributed by atoms with van der Waals surface area (Å²) in [6, 6.07) is 14.2. The van der Waals surface area contributed by atoms with Crippen molar-refractivity contribution in [1.29, 1.82) is 0 Å². The van der Waals surface area contributed by atoms with E-state index >= 15 is 0 Å². The van der Waals surface area contributed by atoms with Crippen molar-refractivity contribution in [2.45, 2.75) is 50.7 Å². The molecule has 0 spiro atoms. The van der Waals surface area contributed by atoms with Crippen molar-refractivity contribution >= 4 is 31.5 Å². The third kappa shape index (κ3) is 10.1. The van der Waals surface area contributed by atoms with Gasteiger partial charge in [-0.15, -0.1) is 0 Å². The maximum absolute atomic E-state index is 13.5. The molecule has 0 bridgehead atoms. The minimum Gasteiger partial charge on any atom is -0.399 e. The molecule has 11 heteroatoms. The Labute approximate surface area is 221 Å². The van der Waals surface area contributed by atoms with Gasteiger partial charge in [-0.2, -0.15) is 4.31 Å². The van der Waals surface area contributed by atoms with E-state index < -0.39 is 43.8 Å². The van der Waals surface area contributed by atoms with Crippen molar-refractivity contribution in [2.24, 2.45) is 11.8 Å². The minimum atomic E-state index is -3.96. The van der Waals surface area contributed by atoms with Crippen LogP contribution in [0.3, 0.4) is 0 Å². The van der Waals surface area contributed by atoms with Crippen molar-refractivity contribution in [3.8, 4) is 0 Å². The molecule has 0 saturated heterocycles. The molecule has 2 rings (SSSR count). The molecule has 0 aromatic heterocycles. The summed E-state index contributed by atoms with van der Waals surface area (Å²) < 4.78 is 51.6. The molecule has 0 aliphatic carbocycles. The number of aliphatic hydroxyl groups is 1. The largest absolute Gasteiger partial charge is 0.399 e. The van der Waals surface area contributed by atoms with Crippen LogP contribution in [0, 0.1) is 11.8 Å². The molecule has 9 nitrogen and oxygen atoms in total. The number of sulfone groups is 1. The second-order valence-corrected chi connectivity index (χ2v) is 14.1. The number of nitrogens with two attached hydrogens (primary N) is 1. The Kier molecular flexibility index (Phi) is 11.1. The number of nitrogens with one attached hydrogen (secondary N) is 1. The fourth-order valence-electron chi connectivity index (χ4n) is 3.84. The Bertz CT molecular complexity index is 1220. The number of rotatable bonds is 14. The molecule has 0 aliphatic heterocycles. The van der Waals surface area contributed by atoms with Gasteiger partial charge in [0.15, 0.2) is 0 Å². The number of benzene rings is 2. The van der Waals surface area contributed by atoms with Crippen molar-refractivity contribution in [1.82, 2.24) is 9.62 Å². The highest BCUT2D eigenvalue weighted by Crippen LogP contribution is 2.20. The van der Waals surface area contributed by atoms with Crippen LogP contribution >= 0.6 is 0 Å². The van der Waals surface area contributed by atoms with Crippen LogP contribution < -0.4 is 11.1 Å². The molecule has 2 aromatic carbocycles. The van der Waals surface area contributed by atoms with Gasteiger partial charge in [-0.25, -0.2) is 16.8 Å². The summed E-state index contributed by atoms with van der Waals surface area (Å²) in [7, 11) is -7.35. The van der Waals surface area contributed by atoms with Crippen LogP contribution in [0.4, 0.5) is 5.69 Å². The van der Waals surface area contributed by atoms with E-state index in [2.05, 4.69) is 5.32 Å². The Morgan fingerprint density at radius 3 is 2.14 bits per heavy atom. The number of nitrogens with zero attached hydrogens (tertiary/aromatic N) is 1. The van der Waals surface area contributed by atoms with Crippen molar-refractivity contribution in [3.63, 3.8) is 0 Å². The molecule has 0 saturated carbocycles. The zero-order chi connectivity index (χ0) is 27.8. The Morgan fingerprint density at radius 1 is 1.00 bits per heavy atom. The number of nitrogen functional groups attached to an aromatic ring is 1. The fraction of sp³-hybridized carbons (Fsp3) is 0.500. The first-order valence-corrected chi connectivity index (χ1v) is 15.7. The van der Waals surface area contributed by atoms with E-state index in [0.29, 0.717) is 12.1 Å². The van der Waals surface area contributed by atoms with E-state index in [1.54, 1.807) is 0 Å². The van der Waals surface area contributed by atoms with Gasteiger partial charge in [0, 0.05) is 31.0 Å². The topological polar surface area (TPSA) is 147 Å². The second kappa shape index (κ2) is 13.4. The number of carbonyl (C=O) groups is 1. The molecule has 0 heterocycles. The predicted octanol–water partition coefficient (Wildman–Crippen LogP) is 2.07. The van der Waals surface area contributed by atoms with Gasteiger partial charge in [-0.1, -0.05) is 51.1 Å². The van der Waals surface area contributed by atoms with Crippen LogP contribution in [0.25, 0.3) is 0 Å². The molecular formula is C26H39N3O6S2. The maximum Gasteiger partial charge on any atom is 0.243 e. The third-order valence-electron chi connectivity index (χ3n) is 5.96. The first-order valence-electron chi connectivity index (χ1n) is 12.2. The highest BCUT2D eigenvalue weighted by molar-refractivity contribution is 7.90. The summed E-state index contributed by atoms with van der Waals surface area (Å²) in [5.41, 5.74) is 6.98. The first-order chi connectivity index (χ1) is 17.2. The van der Waals surface area contributed by atoms with Gasteiger partial charge in [-0.05, 0) is 48.6 Å². The zero-order valence-electron chi connectivity index (χ0n) is 21.9. The quantitative estimate of drug-likeness (QED) is 0.304. The van der Waals surface area contributed by atoms with Crippen molar-refractivity contribution in [2.75, 3.05) is 30.8 Å². The number of sulfonamides is 1. The molecule has 0 fully saturated rings. The molecular weight excluding hydrogens is 514 g/mol. The number of carbonyl (C=O) groups excluding carboxylic acids is 1. The van der Waals surface area contributed by atoms with E-state index in [9.17, 15) is 26.7 Å². The molecule has 0 aliphatic rings. The fourth-order valence-corrected chi connectivity index (χ4v) is 6.38. The molecule has 206 valence electrons. The Morgan fingerprint density at radius 2 is 1.59 bits per heavy atom. The summed E-state index contributed by atoms with van der Waals surface area (Å²) in [6.07, 6.45) is 0.605. The lowest BCUT2D eigenvalue weighted by Crippen LogP contribution is -2.52. The van der Waals surface area contributed by atoms with Gasteiger partial charge >= 0.3 is 0 Å². The van der Waals surface area contributed by atoms with E-state index in [1.165, 1.54) is 35.5 Å². The SMILES string of the molecule is CC(C)CCN(C[C@@H](O)[C@H](Cc1ccccc1)NC(=O)C(C)CS(C)(=O)=O)S(=O)(=O)c1ccc(N)cc1. The molecule has 1 amide bonds. The third-order valence-corrected chi connectivity index (χ3v) is 8.94. The smallest absolute Gasteiger partial charge is 0.243 e. The van der Waals surface area contributed by atoms with Crippen LogP contribution in [-0.4, -0.2) is 69.4 Å². The maximum atomic E-state index is 13.5. The Balaban J connectivity index is 2.33. The van der Waals surface area contributed by atoms with Crippen LogP contribution in [0.15, 0.2) is 59.5 Å². The highest BCUT2D eigenvalue weighted by Gasteiger charge is 2.32. The number of anilines is 1. The average Bonchev–Trinajstić information content (AvgIpc) is 2.80. The van der Waals surface area contributed by atoms with Gasteiger partial charge < -0.3 is 16.2 Å². The van der Waals surface area contributed by atoms with Gasteiger partial charge in [0.05, 0.1) is 22.8 Å². The zero-order valence-corrected chi connectivity index (χ0v) is 23.5. The summed E-state index contributed by atoms with van der Waals surface area (Å²) in [6.45, 7) is 5.39. The summed E-state index contributed by atoms with van der Waals surface area (Å²) in [4.78, 5) is 12.9.